The smallest absolute Gasteiger partial charge is 0.287 e. The van der Waals surface area contributed by atoms with Crippen molar-refractivity contribution in [2.24, 2.45) is 0 Å². The third kappa shape index (κ3) is 4.80. The minimum atomic E-state index is -0.513. The molecule has 0 atom stereocenters. The number of para-hydroxylation sites is 1. The highest BCUT2D eigenvalue weighted by molar-refractivity contribution is 7.71. The van der Waals surface area contributed by atoms with E-state index in [-0.39, 0.29) is 29.6 Å². The third-order valence-electron chi connectivity index (χ3n) is 3.75. The van der Waals surface area contributed by atoms with Gasteiger partial charge in [-0.2, -0.15) is 0 Å². The molecule has 0 saturated heterocycles. The van der Waals surface area contributed by atoms with E-state index < -0.39 is 10.8 Å². The number of nitro groups is 1. The summed E-state index contributed by atoms with van der Waals surface area (Å²) >= 11 is 5.08. The first-order chi connectivity index (χ1) is 13.4. The van der Waals surface area contributed by atoms with Gasteiger partial charge in [-0.3, -0.25) is 14.9 Å². The Morgan fingerprint density at radius 3 is 2.68 bits per heavy atom. The van der Waals surface area contributed by atoms with Gasteiger partial charge in [-0.25, -0.2) is 4.68 Å². The molecule has 3 rings (SSSR count). The molecule has 1 heterocycles. The minimum Gasteiger partial charge on any atom is -0.484 e. The average molecular weight is 400 g/mol. The van der Waals surface area contributed by atoms with Crippen LogP contribution in [0.2, 0.25) is 0 Å². The first kappa shape index (κ1) is 19.2. The van der Waals surface area contributed by atoms with E-state index in [4.69, 9.17) is 21.4 Å². The summed E-state index contributed by atoms with van der Waals surface area (Å²) in [6, 6.07) is 13.0. The number of hydrogen-bond acceptors (Lipinski definition) is 7. The van der Waals surface area contributed by atoms with Gasteiger partial charge in [0.15, 0.2) is 6.61 Å². The van der Waals surface area contributed by atoms with E-state index in [2.05, 4.69) is 10.4 Å². The predicted molar refractivity (Wildman–Crippen MR) is 103 cm³/mol. The number of aryl methyl sites for hydroxylation is 1. The molecule has 144 valence electrons. The summed E-state index contributed by atoms with van der Waals surface area (Å²) in [5.41, 5.74) is 1.34. The molecule has 3 aromatic rings. The monoisotopic (exact) mass is 400 g/mol. The van der Waals surface area contributed by atoms with Crippen molar-refractivity contribution in [3.63, 3.8) is 0 Å². The van der Waals surface area contributed by atoms with Crippen LogP contribution < -0.4 is 10.1 Å². The minimum absolute atomic E-state index is 0.0437. The Morgan fingerprint density at radius 1 is 1.29 bits per heavy atom. The van der Waals surface area contributed by atoms with E-state index in [1.807, 2.05) is 31.2 Å². The number of anilines is 1. The third-order valence-corrected chi connectivity index (χ3v) is 4.04. The van der Waals surface area contributed by atoms with E-state index in [0.717, 1.165) is 5.56 Å². The fourth-order valence-electron chi connectivity index (χ4n) is 2.37. The fraction of sp³-hybridized carbons (Fsp3) is 0.167. The Morgan fingerprint density at radius 2 is 2.00 bits per heavy atom. The van der Waals surface area contributed by atoms with Crippen LogP contribution in [0.5, 0.6) is 5.75 Å². The summed E-state index contributed by atoms with van der Waals surface area (Å²) in [5, 5.41) is 17.4. The maximum Gasteiger partial charge on any atom is 0.287 e. The summed E-state index contributed by atoms with van der Waals surface area (Å²) in [7, 11) is 0. The quantitative estimate of drug-likeness (QED) is 0.366. The molecule has 9 nitrogen and oxygen atoms in total. The maximum atomic E-state index is 12.2. The van der Waals surface area contributed by atoms with Crippen LogP contribution in [0.15, 0.2) is 52.9 Å². The molecule has 0 aliphatic rings. The number of carbonyl (C=O) groups is 1. The van der Waals surface area contributed by atoms with Crippen LogP contribution >= 0.6 is 12.2 Å². The van der Waals surface area contributed by atoms with Gasteiger partial charge >= 0.3 is 0 Å². The van der Waals surface area contributed by atoms with E-state index in [1.165, 1.54) is 28.9 Å². The number of nitrogens with one attached hydrogen (secondary N) is 1. The number of rotatable bonds is 7. The van der Waals surface area contributed by atoms with Gasteiger partial charge in [-0.1, -0.05) is 18.2 Å². The van der Waals surface area contributed by atoms with Crippen molar-refractivity contribution in [1.82, 2.24) is 9.78 Å². The molecule has 28 heavy (non-hydrogen) atoms. The number of amides is 1. The standard InChI is InChI=1S/C18H16N4O5S/c1-12-4-2-3-5-15(12)26-11-17-20-21(18(28)27-17)10-16(23)19-13-6-8-14(9-7-13)22(24)25/h2-9H,10-11H2,1H3,(H,19,23). The van der Waals surface area contributed by atoms with Gasteiger partial charge in [0.2, 0.25) is 5.91 Å². The Kier molecular flexibility index (Phi) is 5.80. The van der Waals surface area contributed by atoms with Crippen LogP contribution in [0.4, 0.5) is 11.4 Å². The van der Waals surface area contributed by atoms with Crippen molar-refractivity contribution in [2.75, 3.05) is 5.32 Å². The molecular formula is C18H16N4O5S. The van der Waals surface area contributed by atoms with Gasteiger partial charge in [-0.15, -0.1) is 5.10 Å². The zero-order valence-corrected chi connectivity index (χ0v) is 15.6. The molecule has 0 spiro atoms. The average Bonchev–Trinajstić information content (AvgIpc) is 3.01. The van der Waals surface area contributed by atoms with Gasteiger partial charge in [0, 0.05) is 17.8 Å². The van der Waals surface area contributed by atoms with E-state index in [0.29, 0.717) is 11.4 Å². The molecule has 0 radical (unpaired) electrons. The van der Waals surface area contributed by atoms with Gasteiger partial charge in [0.05, 0.1) is 4.92 Å². The molecule has 10 heteroatoms. The van der Waals surface area contributed by atoms with Crippen LogP contribution in [0.25, 0.3) is 0 Å². The van der Waals surface area contributed by atoms with Gasteiger partial charge in [-0.05, 0) is 42.9 Å². The first-order valence-corrected chi connectivity index (χ1v) is 8.63. The largest absolute Gasteiger partial charge is 0.484 e. The first-order valence-electron chi connectivity index (χ1n) is 8.22. The van der Waals surface area contributed by atoms with Crippen molar-refractivity contribution < 1.29 is 18.9 Å². The van der Waals surface area contributed by atoms with Crippen LogP contribution in [0, 0.1) is 21.9 Å². The number of carbonyl (C=O) groups excluding carboxylic acids is 1. The fourth-order valence-corrected chi connectivity index (χ4v) is 2.57. The normalized spacial score (nSPS) is 10.5. The molecule has 0 bridgehead atoms. The van der Waals surface area contributed by atoms with Crippen molar-refractivity contribution in [1.29, 1.82) is 0 Å². The topological polar surface area (TPSA) is 112 Å². The summed E-state index contributed by atoms with van der Waals surface area (Å²) in [5.74, 6) is 0.551. The Balaban J connectivity index is 1.60. The number of nitro benzene ring substituents is 1. The lowest BCUT2D eigenvalue weighted by atomic mass is 10.2. The SMILES string of the molecule is Cc1ccccc1OCc1nn(CC(=O)Nc2ccc([N+](=O)[O-])cc2)c(=S)o1. The molecule has 0 fully saturated rings. The maximum absolute atomic E-state index is 12.2. The zero-order chi connectivity index (χ0) is 20.1. The lowest BCUT2D eigenvalue weighted by Crippen LogP contribution is -2.19. The molecule has 2 aromatic carbocycles. The molecule has 0 saturated carbocycles. The van der Waals surface area contributed by atoms with Crippen molar-refractivity contribution in [3.8, 4) is 5.75 Å². The Labute approximate surface area is 164 Å². The molecule has 0 aliphatic heterocycles. The second-order valence-corrected chi connectivity index (χ2v) is 6.17. The van der Waals surface area contributed by atoms with Crippen LogP contribution in [0.3, 0.4) is 0 Å². The zero-order valence-electron chi connectivity index (χ0n) is 14.8. The van der Waals surface area contributed by atoms with Gasteiger partial charge in [0.1, 0.15) is 12.3 Å². The highest BCUT2D eigenvalue weighted by Crippen LogP contribution is 2.18. The number of non-ortho nitro benzene ring substituents is 1. The molecule has 1 N–H and O–H groups in total. The highest BCUT2D eigenvalue weighted by Gasteiger charge is 2.12. The van der Waals surface area contributed by atoms with E-state index >= 15 is 0 Å². The van der Waals surface area contributed by atoms with Crippen LogP contribution in [-0.2, 0) is 17.9 Å². The number of hydrogen-bond donors (Lipinski definition) is 1. The molecular weight excluding hydrogens is 384 g/mol. The van der Waals surface area contributed by atoms with E-state index in [1.54, 1.807) is 0 Å². The van der Waals surface area contributed by atoms with Crippen molar-refractivity contribution in [3.05, 3.63) is 74.9 Å². The second-order valence-electron chi connectivity index (χ2n) is 5.83. The molecule has 0 unspecified atom stereocenters. The van der Waals surface area contributed by atoms with Gasteiger partial charge < -0.3 is 14.5 Å². The summed E-state index contributed by atoms with van der Waals surface area (Å²) in [6.07, 6.45) is 0. The highest BCUT2D eigenvalue weighted by atomic mass is 32.1. The lowest BCUT2D eigenvalue weighted by Gasteiger charge is -2.06. The lowest BCUT2D eigenvalue weighted by molar-refractivity contribution is -0.384. The van der Waals surface area contributed by atoms with E-state index in [9.17, 15) is 14.9 Å². The Bertz CT molecular complexity index is 1060. The number of nitrogens with zero attached hydrogens (tertiary/aromatic N) is 3. The number of benzene rings is 2. The van der Waals surface area contributed by atoms with Crippen LogP contribution in [0.1, 0.15) is 11.5 Å². The number of ether oxygens (including phenoxy) is 1. The predicted octanol–water partition coefficient (Wildman–Crippen LogP) is 3.64. The van der Waals surface area contributed by atoms with Crippen molar-refractivity contribution >= 4 is 29.5 Å². The van der Waals surface area contributed by atoms with Crippen LogP contribution in [-0.4, -0.2) is 20.6 Å². The molecule has 0 aliphatic carbocycles. The molecule has 1 amide bonds. The summed E-state index contributed by atoms with van der Waals surface area (Å²) < 4.78 is 12.2. The summed E-state index contributed by atoms with van der Waals surface area (Å²) in [4.78, 5) is 22.3. The Hall–Kier alpha value is -3.53. The molecule has 1 aromatic heterocycles. The summed E-state index contributed by atoms with van der Waals surface area (Å²) in [6.45, 7) is 1.83. The second kappa shape index (κ2) is 8.44. The van der Waals surface area contributed by atoms with Crippen molar-refractivity contribution in [2.45, 2.75) is 20.1 Å². The number of aromatic nitrogens is 2. The van der Waals surface area contributed by atoms with Gasteiger partial charge in [0.25, 0.3) is 16.4 Å².